The molecule has 36 atom stereocenters. The molecule has 4 saturated carbocycles. The van der Waals surface area contributed by atoms with Crippen LogP contribution in [0, 0.1) is 46.3 Å². The highest BCUT2D eigenvalue weighted by atomic mass is 16.8. The molecule has 5 aliphatic carbocycles. The zero-order chi connectivity index (χ0) is 61.1. The first-order valence-corrected chi connectivity index (χ1v) is 30.8. The summed E-state index contributed by atoms with van der Waals surface area (Å²) in [5.74, 6) is -0.530. The van der Waals surface area contributed by atoms with Gasteiger partial charge in [-0.15, -0.1) is 0 Å². The van der Waals surface area contributed by atoms with E-state index in [2.05, 4.69) is 26.8 Å². The van der Waals surface area contributed by atoms with Gasteiger partial charge in [0.05, 0.1) is 62.5 Å². The molecule has 0 aromatic carbocycles. The third-order valence-electron chi connectivity index (χ3n) is 22.5. The van der Waals surface area contributed by atoms with Crippen molar-refractivity contribution >= 4 is 0 Å². The summed E-state index contributed by atoms with van der Waals surface area (Å²) in [7, 11) is 0. The van der Waals surface area contributed by atoms with Crippen molar-refractivity contribution < 1.29 is 134 Å². The largest absolute Gasteiger partial charge is 0.396 e. The average molecular weight is 1220 g/mol. The topological polar surface area (TPSA) is 425 Å². The molecular weight excluding hydrogens is 1130 g/mol. The molecule has 27 nitrogen and oxygen atoms in total. The number of rotatable bonds is 15. The highest BCUT2D eigenvalue weighted by Gasteiger charge is 2.71. The van der Waals surface area contributed by atoms with Crippen molar-refractivity contribution in [2.24, 2.45) is 46.3 Å². The predicted octanol–water partition coefficient (Wildman–Crippen LogP) is -4.36. The van der Waals surface area contributed by atoms with Gasteiger partial charge in [0.2, 0.25) is 0 Å². The van der Waals surface area contributed by atoms with Gasteiger partial charge in [-0.1, -0.05) is 32.4 Å². The van der Waals surface area contributed by atoms with Crippen molar-refractivity contribution in [3.63, 3.8) is 0 Å². The van der Waals surface area contributed by atoms with Crippen molar-refractivity contribution in [2.75, 3.05) is 33.0 Å². The molecule has 10 fully saturated rings. The van der Waals surface area contributed by atoms with E-state index in [4.69, 9.17) is 52.1 Å². The first-order chi connectivity index (χ1) is 40.2. The van der Waals surface area contributed by atoms with Crippen LogP contribution in [0.2, 0.25) is 0 Å². The van der Waals surface area contributed by atoms with Crippen LogP contribution < -0.4 is 0 Å². The van der Waals surface area contributed by atoms with Crippen molar-refractivity contribution in [1.29, 1.82) is 0 Å². The summed E-state index contributed by atoms with van der Waals surface area (Å²) < 4.78 is 68.2. The SMILES string of the molecule is C[C@@H]1O[C@@H](OC[C@H]2O[C@@H](O[C@H]3CC[C@@]4(C)C(=CC[C@H]5[C@@H]6C[C@@H]7O[C@]8(CC[C@@](C)(CO[C@@H]9O[C@H](CO)[C@@H](O)[C@H](O)[C@H]9O)O8)[C@@H](C)[C@@H]7[C@@]6(C)CC[C@@H]54)C3)[C@H](O[C@@H]3C[C@H](CO)[C@@H](O)[C@H](O[C@@H]4O[C@H](CO)[C@@H](O)[C@H](O)[C@H]4O)[C@H]3O)[C@@H](O)[C@@H]2O)[C@H](O)[C@H](O)[C@H]1O. The summed E-state index contributed by atoms with van der Waals surface area (Å²) >= 11 is 0. The lowest BCUT2D eigenvalue weighted by molar-refractivity contribution is -0.356. The molecule has 16 N–H and O–H groups in total. The van der Waals surface area contributed by atoms with Crippen LogP contribution in [-0.4, -0.2) is 286 Å². The number of allylic oxidation sites excluding steroid dienone is 1. The molecule has 0 aromatic rings. The second-order valence-electron chi connectivity index (χ2n) is 27.5. The van der Waals surface area contributed by atoms with Crippen LogP contribution in [-0.2, 0) is 52.1 Å². The van der Waals surface area contributed by atoms with E-state index in [1.807, 2.05) is 6.92 Å². The van der Waals surface area contributed by atoms with Crippen LogP contribution in [0.5, 0.6) is 0 Å². The second-order valence-corrected chi connectivity index (χ2v) is 27.5. The third kappa shape index (κ3) is 11.5. The first-order valence-electron chi connectivity index (χ1n) is 30.8. The maximum atomic E-state index is 12.0. The van der Waals surface area contributed by atoms with Crippen LogP contribution in [0.3, 0.4) is 0 Å². The molecule has 6 aliphatic heterocycles. The molecule has 488 valence electrons. The Hall–Kier alpha value is -1.34. The molecule has 0 aromatic heterocycles. The van der Waals surface area contributed by atoms with Gasteiger partial charge in [-0.25, -0.2) is 0 Å². The first kappa shape index (κ1) is 65.2. The summed E-state index contributed by atoms with van der Waals surface area (Å²) in [5.41, 5.74) is 0.181. The molecule has 11 rings (SSSR count). The number of ether oxygens (including phenoxy) is 11. The molecule has 85 heavy (non-hydrogen) atoms. The summed E-state index contributed by atoms with van der Waals surface area (Å²) in [6.07, 6.45) is -28.9. The van der Waals surface area contributed by atoms with Crippen molar-refractivity contribution in [2.45, 2.75) is 270 Å². The van der Waals surface area contributed by atoms with Gasteiger partial charge in [-0.2, -0.15) is 0 Å². The summed E-state index contributed by atoms with van der Waals surface area (Å²) in [6.45, 7) is 7.93. The fourth-order valence-corrected chi connectivity index (χ4v) is 17.5. The molecule has 11 aliphatic rings. The smallest absolute Gasteiger partial charge is 0.187 e. The zero-order valence-electron chi connectivity index (χ0n) is 48.8. The van der Waals surface area contributed by atoms with E-state index in [-0.39, 0.29) is 41.8 Å². The van der Waals surface area contributed by atoms with Crippen molar-refractivity contribution in [3.8, 4) is 0 Å². The molecule has 0 unspecified atom stereocenters. The number of aliphatic hydroxyl groups excluding tert-OH is 16. The predicted molar refractivity (Wildman–Crippen MR) is 284 cm³/mol. The fourth-order valence-electron chi connectivity index (χ4n) is 17.5. The van der Waals surface area contributed by atoms with E-state index in [0.29, 0.717) is 43.4 Å². The van der Waals surface area contributed by atoms with Crippen LogP contribution >= 0.6 is 0 Å². The van der Waals surface area contributed by atoms with Gasteiger partial charge >= 0.3 is 0 Å². The maximum Gasteiger partial charge on any atom is 0.187 e. The maximum absolute atomic E-state index is 12.0. The van der Waals surface area contributed by atoms with E-state index in [1.165, 1.54) is 12.5 Å². The third-order valence-corrected chi connectivity index (χ3v) is 22.5. The highest BCUT2D eigenvalue weighted by molar-refractivity contribution is 5.27. The van der Waals surface area contributed by atoms with Gasteiger partial charge in [0.15, 0.2) is 30.9 Å². The van der Waals surface area contributed by atoms with Gasteiger partial charge < -0.3 is 134 Å². The standard InChI is InChI=1S/C58H94O27/c1-22-35-30(84-58(22)13-12-55(3,85-58)21-76-52-47(73)43(69)38(64)32(18-60)80-52)16-29-27-7-6-25-15-26(8-10-56(25,4)28(27)9-11-57(29,35)5)78-54-50(45(71)40(66)34(82-54)20-75-51-46(72)42(68)36(62)23(2)77-51)79-31-14-24(17-59)37(63)49(41(31)67)83-53-48(74)44(70)39(65)33(19-61)81-53/h6,22-24,26-54,59-74H,7-21H2,1-5H3/t22-,23-,24+,26-,27+,28-,29-,30-,31+,32+,33+,34+,35-,36-,37+,38+,39+,40+,41-,42+,43-,44-,45-,46+,47+,48+,49-,50+,51+,52+,53-,54+,55-,56-,57-,58-/m0/s1. The minimum atomic E-state index is -1.90. The van der Waals surface area contributed by atoms with Gasteiger partial charge in [-0.05, 0) is 106 Å². The Bertz CT molecular complexity index is 2300. The van der Waals surface area contributed by atoms with Gasteiger partial charge in [0, 0.05) is 24.9 Å². The van der Waals surface area contributed by atoms with E-state index in [1.54, 1.807) is 0 Å². The Morgan fingerprint density at radius 2 is 1.16 bits per heavy atom. The Morgan fingerprint density at radius 3 is 1.84 bits per heavy atom. The quantitative estimate of drug-likeness (QED) is 0.0689. The molecule has 0 amide bonds. The number of fused-ring (bicyclic) bond motifs is 7. The molecular formula is C58H94O27. The van der Waals surface area contributed by atoms with Crippen LogP contribution in [0.25, 0.3) is 0 Å². The number of aliphatic hydroxyl groups is 16. The monoisotopic (exact) mass is 1220 g/mol. The minimum Gasteiger partial charge on any atom is -0.396 e. The fraction of sp³-hybridized carbons (Fsp3) is 0.966. The lowest BCUT2D eigenvalue weighted by Gasteiger charge is -2.58. The second kappa shape index (κ2) is 24.9. The normalized spacial score (nSPS) is 57.0. The Labute approximate surface area is 493 Å². The molecule has 1 spiro atoms. The molecule has 0 bridgehead atoms. The Morgan fingerprint density at radius 1 is 0.541 bits per heavy atom. The minimum absolute atomic E-state index is 0.0209. The van der Waals surface area contributed by atoms with Crippen molar-refractivity contribution in [3.05, 3.63) is 11.6 Å². The lowest BCUT2D eigenvalue weighted by Crippen LogP contribution is -2.65. The van der Waals surface area contributed by atoms with Gasteiger partial charge in [-0.3, -0.25) is 0 Å². The van der Waals surface area contributed by atoms with E-state index in [0.717, 1.165) is 32.1 Å². The summed E-state index contributed by atoms with van der Waals surface area (Å²) in [4.78, 5) is 0. The van der Waals surface area contributed by atoms with Gasteiger partial charge in [0.25, 0.3) is 0 Å². The van der Waals surface area contributed by atoms with Crippen LogP contribution in [0.1, 0.15) is 98.8 Å². The Balaban J connectivity index is 0.775. The molecule has 27 heteroatoms. The number of hydrogen-bond acceptors (Lipinski definition) is 27. The molecule has 6 heterocycles. The van der Waals surface area contributed by atoms with E-state index >= 15 is 0 Å². The molecule has 6 saturated heterocycles. The highest BCUT2D eigenvalue weighted by Crippen LogP contribution is 2.71. The summed E-state index contributed by atoms with van der Waals surface area (Å²) in [5, 5.41) is 171. The summed E-state index contributed by atoms with van der Waals surface area (Å²) in [6, 6.07) is 0. The molecule has 0 radical (unpaired) electrons. The van der Waals surface area contributed by atoms with E-state index in [9.17, 15) is 81.7 Å². The van der Waals surface area contributed by atoms with Crippen molar-refractivity contribution in [1.82, 2.24) is 0 Å². The van der Waals surface area contributed by atoms with Crippen LogP contribution in [0.15, 0.2) is 11.6 Å². The van der Waals surface area contributed by atoms with Gasteiger partial charge in [0.1, 0.15) is 104 Å². The zero-order valence-corrected chi connectivity index (χ0v) is 48.8. The average Bonchev–Trinajstić information content (AvgIpc) is 1.57. The Kier molecular flexibility index (Phi) is 19.1. The van der Waals surface area contributed by atoms with Crippen LogP contribution in [0.4, 0.5) is 0 Å². The van der Waals surface area contributed by atoms with E-state index < -0.39 is 197 Å². The number of hydrogen-bond donors (Lipinski definition) is 16. The lowest BCUT2D eigenvalue weighted by atomic mass is 9.47.